The molecule has 2 rings (SSSR count). The summed E-state index contributed by atoms with van der Waals surface area (Å²) < 4.78 is 0. The van der Waals surface area contributed by atoms with E-state index in [2.05, 4.69) is 5.32 Å². The molecule has 98 valence electrons. The van der Waals surface area contributed by atoms with Gasteiger partial charge in [0, 0.05) is 17.4 Å². The Bertz CT molecular complexity index is 430. The third kappa shape index (κ3) is 3.89. The van der Waals surface area contributed by atoms with E-state index in [1.54, 1.807) is 0 Å². The van der Waals surface area contributed by atoms with Crippen LogP contribution >= 0.6 is 23.2 Å². The van der Waals surface area contributed by atoms with Gasteiger partial charge in [-0.05, 0) is 42.4 Å². The highest BCUT2D eigenvalue weighted by atomic mass is 35.5. The third-order valence-corrected chi connectivity index (χ3v) is 3.92. The Balaban J connectivity index is 1.79. The lowest BCUT2D eigenvalue weighted by molar-refractivity contribution is -0.120. The van der Waals surface area contributed by atoms with E-state index in [9.17, 15) is 4.79 Å². The van der Waals surface area contributed by atoms with Crippen LogP contribution in [0.15, 0.2) is 24.3 Å². The van der Waals surface area contributed by atoms with E-state index in [1.165, 1.54) is 12.8 Å². The van der Waals surface area contributed by atoms with Gasteiger partial charge in [-0.1, -0.05) is 23.7 Å². The van der Waals surface area contributed by atoms with Crippen molar-refractivity contribution in [2.75, 3.05) is 12.4 Å². The highest BCUT2D eigenvalue weighted by Gasteiger charge is 2.41. The van der Waals surface area contributed by atoms with Gasteiger partial charge in [0.2, 0.25) is 5.91 Å². The van der Waals surface area contributed by atoms with Crippen molar-refractivity contribution in [2.45, 2.75) is 25.7 Å². The second kappa shape index (κ2) is 5.94. The molecule has 2 nitrogen and oxygen atoms in total. The number of benzene rings is 1. The maximum absolute atomic E-state index is 11.8. The molecule has 0 bridgehead atoms. The minimum atomic E-state index is 0.0538. The number of carbonyl (C=O) groups excluding carboxylic acids is 1. The minimum absolute atomic E-state index is 0.0538. The number of nitrogens with one attached hydrogen (secondary N) is 1. The summed E-state index contributed by atoms with van der Waals surface area (Å²) in [5.74, 6) is 0.725. The number of carbonyl (C=O) groups is 1. The first-order valence-corrected chi connectivity index (χ1v) is 7.12. The fourth-order valence-corrected chi connectivity index (χ4v) is 2.69. The van der Waals surface area contributed by atoms with E-state index in [4.69, 9.17) is 23.2 Å². The van der Waals surface area contributed by atoms with Crippen LogP contribution in [0.1, 0.15) is 24.8 Å². The number of halogens is 2. The van der Waals surface area contributed by atoms with Gasteiger partial charge in [-0.2, -0.15) is 0 Å². The Morgan fingerprint density at radius 1 is 1.39 bits per heavy atom. The average Bonchev–Trinajstić information content (AvgIpc) is 3.08. The van der Waals surface area contributed by atoms with Crippen LogP contribution in [0, 0.1) is 5.41 Å². The molecular formula is C14H17Cl2NO. The van der Waals surface area contributed by atoms with Crippen LogP contribution in [-0.2, 0) is 11.2 Å². The topological polar surface area (TPSA) is 29.1 Å². The summed E-state index contributed by atoms with van der Waals surface area (Å²) in [5, 5.41) is 3.67. The summed E-state index contributed by atoms with van der Waals surface area (Å²) in [6.45, 7) is 0.749. The fraction of sp³-hybridized carbons (Fsp3) is 0.500. The molecule has 0 aromatic heterocycles. The highest BCUT2D eigenvalue weighted by molar-refractivity contribution is 6.30. The fourth-order valence-electron chi connectivity index (χ4n) is 2.07. The number of rotatable bonds is 6. The Hall–Kier alpha value is -0.730. The van der Waals surface area contributed by atoms with E-state index in [0.29, 0.717) is 17.3 Å². The lowest BCUT2D eigenvalue weighted by Gasteiger charge is -2.14. The van der Waals surface area contributed by atoms with E-state index >= 15 is 0 Å². The van der Waals surface area contributed by atoms with Crippen molar-refractivity contribution in [3.63, 3.8) is 0 Å². The summed E-state index contributed by atoms with van der Waals surface area (Å²) in [7, 11) is 0. The highest BCUT2D eigenvalue weighted by Crippen LogP contribution is 2.48. The average molecular weight is 286 g/mol. The maximum atomic E-state index is 11.8. The number of alkyl halides is 1. The maximum Gasteiger partial charge on any atom is 0.224 e. The molecule has 1 amide bonds. The van der Waals surface area contributed by atoms with Gasteiger partial charge in [-0.15, -0.1) is 11.6 Å². The molecule has 0 atom stereocenters. The van der Waals surface area contributed by atoms with Crippen molar-refractivity contribution in [3.05, 3.63) is 34.9 Å². The van der Waals surface area contributed by atoms with Gasteiger partial charge < -0.3 is 5.32 Å². The summed E-state index contributed by atoms with van der Waals surface area (Å²) in [5.41, 5.74) is 1.23. The van der Waals surface area contributed by atoms with Crippen LogP contribution in [-0.4, -0.2) is 18.3 Å². The van der Waals surface area contributed by atoms with Crippen LogP contribution in [0.5, 0.6) is 0 Å². The van der Waals surface area contributed by atoms with Gasteiger partial charge >= 0.3 is 0 Å². The van der Waals surface area contributed by atoms with Gasteiger partial charge in [-0.25, -0.2) is 0 Å². The number of hydrogen-bond donors (Lipinski definition) is 1. The van der Waals surface area contributed by atoms with Crippen LogP contribution in [0.4, 0.5) is 0 Å². The van der Waals surface area contributed by atoms with Crippen molar-refractivity contribution in [1.29, 1.82) is 0 Å². The molecule has 0 radical (unpaired) electrons. The summed E-state index contributed by atoms with van der Waals surface area (Å²) in [4.78, 5) is 11.8. The van der Waals surface area contributed by atoms with Gasteiger partial charge in [0.1, 0.15) is 0 Å². The monoisotopic (exact) mass is 285 g/mol. The van der Waals surface area contributed by atoms with Crippen molar-refractivity contribution < 1.29 is 4.79 Å². The molecule has 0 heterocycles. The van der Waals surface area contributed by atoms with E-state index < -0.39 is 0 Å². The van der Waals surface area contributed by atoms with Gasteiger partial charge in [0.25, 0.3) is 0 Å². The van der Waals surface area contributed by atoms with Gasteiger partial charge in [-0.3, -0.25) is 4.79 Å². The predicted molar refractivity (Wildman–Crippen MR) is 75.2 cm³/mol. The third-order valence-electron chi connectivity index (χ3n) is 3.50. The first-order valence-electron chi connectivity index (χ1n) is 6.21. The van der Waals surface area contributed by atoms with Crippen molar-refractivity contribution >= 4 is 29.1 Å². The summed E-state index contributed by atoms with van der Waals surface area (Å²) in [6.07, 6.45) is 3.73. The molecule has 1 aliphatic rings. The Morgan fingerprint density at radius 3 is 2.78 bits per heavy atom. The van der Waals surface area contributed by atoms with Crippen molar-refractivity contribution in [2.24, 2.45) is 5.41 Å². The molecular weight excluding hydrogens is 269 g/mol. The molecule has 0 saturated heterocycles. The molecule has 1 fully saturated rings. The molecule has 1 aromatic rings. The van der Waals surface area contributed by atoms with Crippen LogP contribution < -0.4 is 5.32 Å². The van der Waals surface area contributed by atoms with E-state index in [-0.39, 0.29) is 11.3 Å². The second-order valence-corrected chi connectivity index (χ2v) is 5.84. The zero-order valence-electron chi connectivity index (χ0n) is 10.2. The molecule has 1 aliphatic carbocycles. The molecule has 0 aliphatic heterocycles. The molecule has 4 heteroatoms. The van der Waals surface area contributed by atoms with Crippen LogP contribution in [0.3, 0.4) is 0 Å². The molecule has 1 aromatic carbocycles. The first-order chi connectivity index (χ1) is 8.63. The standard InChI is InChI=1S/C14H17Cl2NO/c15-7-6-14(4-5-14)10-17-13(18)9-11-2-1-3-12(16)8-11/h1-3,8H,4-7,9-10H2,(H,17,18). The quantitative estimate of drug-likeness (QED) is 0.798. The largest absolute Gasteiger partial charge is 0.355 e. The molecule has 18 heavy (non-hydrogen) atoms. The van der Waals surface area contributed by atoms with Crippen LogP contribution in [0.25, 0.3) is 0 Å². The summed E-state index contributed by atoms with van der Waals surface area (Å²) >= 11 is 11.6. The Kier molecular flexibility index (Phi) is 4.52. The molecule has 0 spiro atoms. The number of hydrogen-bond acceptors (Lipinski definition) is 1. The minimum Gasteiger partial charge on any atom is -0.355 e. The molecule has 0 unspecified atom stereocenters. The first kappa shape index (κ1) is 13.7. The summed E-state index contributed by atoms with van der Waals surface area (Å²) in [6, 6.07) is 7.41. The predicted octanol–water partition coefficient (Wildman–Crippen LogP) is 3.41. The molecule has 1 N–H and O–H groups in total. The lowest BCUT2D eigenvalue weighted by Crippen LogP contribution is -2.31. The molecule has 1 saturated carbocycles. The number of amides is 1. The zero-order chi connectivity index (χ0) is 13.0. The lowest BCUT2D eigenvalue weighted by atomic mass is 10.0. The Labute approximate surface area is 118 Å². The van der Waals surface area contributed by atoms with Crippen LogP contribution in [0.2, 0.25) is 5.02 Å². The van der Waals surface area contributed by atoms with E-state index in [0.717, 1.165) is 18.5 Å². The normalized spacial score (nSPS) is 16.3. The van der Waals surface area contributed by atoms with E-state index in [1.807, 2.05) is 24.3 Å². The second-order valence-electron chi connectivity index (χ2n) is 5.02. The smallest absolute Gasteiger partial charge is 0.224 e. The van der Waals surface area contributed by atoms with Gasteiger partial charge in [0.05, 0.1) is 6.42 Å². The van der Waals surface area contributed by atoms with Gasteiger partial charge in [0.15, 0.2) is 0 Å². The van der Waals surface area contributed by atoms with Crippen molar-refractivity contribution in [3.8, 4) is 0 Å². The zero-order valence-corrected chi connectivity index (χ0v) is 11.7. The Morgan fingerprint density at radius 2 is 2.17 bits per heavy atom. The van der Waals surface area contributed by atoms with Crippen molar-refractivity contribution in [1.82, 2.24) is 5.32 Å². The SMILES string of the molecule is O=C(Cc1cccc(Cl)c1)NCC1(CCCl)CC1.